The first-order valence-corrected chi connectivity index (χ1v) is 14.9. The van der Waals surface area contributed by atoms with Crippen LogP contribution in [0.4, 0.5) is 4.79 Å². The molecule has 7 nitrogen and oxygen atoms in total. The Morgan fingerprint density at radius 3 is 2.56 bits per heavy atom. The van der Waals surface area contributed by atoms with E-state index in [1.807, 2.05) is 13.8 Å². The van der Waals surface area contributed by atoms with Gasteiger partial charge in [0.2, 0.25) is 0 Å². The summed E-state index contributed by atoms with van der Waals surface area (Å²) in [5, 5.41) is 10.6. The Bertz CT molecular complexity index is 1020. The molecule has 1 saturated heterocycles. The third kappa shape index (κ3) is 7.03. The van der Waals surface area contributed by atoms with Gasteiger partial charge in [0, 0.05) is 19.3 Å². The first-order valence-electron chi connectivity index (χ1n) is 14.9. The van der Waals surface area contributed by atoms with Crippen molar-refractivity contribution in [2.24, 2.45) is 23.2 Å². The molecule has 4 aliphatic rings. The minimum absolute atomic E-state index is 0.0542. The van der Waals surface area contributed by atoms with Crippen molar-refractivity contribution in [2.75, 3.05) is 0 Å². The summed E-state index contributed by atoms with van der Waals surface area (Å²) in [5.74, 6) is 0.932. The van der Waals surface area contributed by atoms with Crippen LogP contribution in [0.1, 0.15) is 111 Å². The van der Waals surface area contributed by atoms with Gasteiger partial charge in [-0.2, -0.15) is 0 Å². The maximum Gasteiger partial charge on any atom is 0.534 e. The van der Waals surface area contributed by atoms with Gasteiger partial charge in [-0.3, -0.25) is 14.4 Å². The molecule has 2 amide bonds. The highest BCUT2D eigenvalue weighted by Gasteiger charge is 2.50. The van der Waals surface area contributed by atoms with Gasteiger partial charge in [0.05, 0.1) is 5.60 Å². The van der Waals surface area contributed by atoms with Gasteiger partial charge in [-0.15, -0.1) is 0 Å². The number of aliphatic hydroxyl groups is 1. The Labute approximate surface area is 233 Å². The van der Waals surface area contributed by atoms with E-state index < -0.39 is 23.6 Å². The summed E-state index contributed by atoms with van der Waals surface area (Å²) in [4.78, 5) is 40.6. The zero-order chi connectivity index (χ0) is 28.4. The average molecular weight is 542 g/mol. The Morgan fingerprint density at radius 2 is 1.87 bits per heavy atom. The molecule has 7 heteroatoms. The average Bonchev–Trinajstić information content (AvgIpc) is 3.37. The van der Waals surface area contributed by atoms with Crippen LogP contribution in [0.3, 0.4) is 0 Å². The molecule has 4 fully saturated rings. The lowest BCUT2D eigenvalue weighted by atomic mass is 9.60. The van der Waals surface area contributed by atoms with Gasteiger partial charge in [0.25, 0.3) is 11.8 Å². The quantitative estimate of drug-likeness (QED) is 0.264. The number of nitrogens with zero attached hydrogens (tertiary/aromatic N) is 1. The lowest BCUT2D eigenvalue weighted by Gasteiger charge is -2.44. The van der Waals surface area contributed by atoms with E-state index in [2.05, 4.69) is 32.6 Å². The van der Waals surface area contributed by atoms with Crippen molar-refractivity contribution < 1.29 is 29.1 Å². The van der Waals surface area contributed by atoms with Gasteiger partial charge in [-0.25, -0.2) is 4.79 Å². The van der Waals surface area contributed by atoms with Crippen molar-refractivity contribution in [3.05, 3.63) is 35.5 Å². The van der Waals surface area contributed by atoms with E-state index in [0.29, 0.717) is 41.1 Å². The smallest absolute Gasteiger partial charge is 0.429 e. The molecule has 1 unspecified atom stereocenters. The van der Waals surface area contributed by atoms with E-state index >= 15 is 0 Å². The maximum atomic E-state index is 12.3. The number of carbonyl (C=O) groups excluding carboxylic acids is 3. The third-order valence-corrected chi connectivity index (χ3v) is 9.78. The first-order chi connectivity index (χ1) is 18.4. The molecule has 1 heterocycles. The number of rotatable bonds is 8. The number of hydrogen-bond acceptors (Lipinski definition) is 6. The second-order valence-electron chi connectivity index (χ2n) is 13.2. The lowest BCUT2D eigenvalue weighted by Crippen LogP contribution is -2.36. The second kappa shape index (κ2) is 12.0. The Kier molecular flexibility index (Phi) is 9.09. The van der Waals surface area contributed by atoms with Gasteiger partial charge in [-0.1, -0.05) is 61.6 Å². The zero-order valence-electron chi connectivity index (χ0n) is 24.3. The molecule has 1 N–H and O–H groups in total. The van der Waals surface area contributed by atoms with Gasteiger partial charge in [0.15, 0.2) is 0 Å². The highest BCUT2D eigenvalue weighted by atomic mass is 16.8. The fourth-order valence-electron chi connectivity index (χ4n) is 7.64. The first kappa shape index (κ1) is 29.6. The summed E-state index contributed by atoms with van der Waals surface area (Å²) in [7, 11) is 0. The van der Waals surface area contributed by atoms with Crippen molar-refractivity contribution in [2.45, 2.75) is 123 Å². The molecule has 4 rings (SSSR count). The lowest BCUT2D eigenvalue weighted by molar-refractivity contribution is -0.178. The molecule has 3 aliphatic carbocycles. The highest BCUT2D eigenvalue weighted by Crippen LogP contribution is 2.60. The van der Waals surface area contributed by atoms with Crippen LogP contribution in [0.5, 0.6) is 0 Å². The molecular formula is C32H47NO6. The minimum atomic E-state index is -1.01. The second-order valence-corrected chi connectivity index (χ2v) is 13.2. The molecule has 3 saturated carbocycles. The number of allylic oxidation sites excluding steroid dienone is 4. The number of fused-ring (bicyclic) bond motifs is 1. The zero-order valence-corrected chi connectivity index (χ0v) is 24.3. The molecule has 0 aromatic rings. The third-order valence-electron chi connectivity index (χ3n) is 9.78. The van der Waals surface area contributed by atoms with E-state index in [4.69, 9.17) is 9.57 Å². The SMILES string of the molecule is C=C1CC[C@H](OC(=O)ON2C(=O)CCC2=O)C/C1=C/C=C1\CCC[C@]2(C)C([C@H](C)CCCC(C)(C)O)CC[C@@H]12. The predicted molar refractivity (Wildman–Crippen MR) is 149 cm³/mol. The van der Waals surface area contributed by atoms with Gasteiger partial charge in [-0.05, 0) is 94.0 Å². The van der Waals surface area contributed by atoms with Crippen molar-refractivity contribution in [1.82, 2.24) is 5.06 Å². The van der Waals surface area contributed by atoms with Crippen molar-refractivity contribution in [3.63, 3.8) is 0 Å². The summed E-state index contributed by atoms with van der Waals surface area (Å²) >= 11 is 0. The number of hydrogen-bond donors (Lipinski definition) is 1. The molecular weight excluding hydrogens is 494 g/mol. The van der Waals surface area contributed by atoms with Crippen LogP contribution in [0.2, 0.25) is 0 Å². The Hall–Kier alpha value is -2.41. The van der Waals surface area contributed by atoms with Crippen LogP contribution < -0.4 is 0 Å². The van der Waals surface area contributed by atoms with Crippen molar-refractivity contribution in [3.8, 4) is 0 Å². The van der Waals surface area contributed by atoms with Crippen molar-refractivity contribution in [1.29, 1.82) is 0 Å². The molecule has 0 spiro atoms. The monoisotopic (exact) mass is 541 g/mol. The van der Waals surface area contributed by atoms with Crippen molar-refractivity contribution >= 4 is 18.0 Å². The largest absolute Gasteiger partial charge is 0.534 e. The van der Waals surface area contributed by atoms with Gasteiger partial charge < -0.3 is 9.84 Å². The minimum Gasteiger partial charge on any atom is -0.429 e. The predicted octanol–water partition coefficient (Wildman–Crippen LogP) is 6.96. The van der Waals surface area contributed by atoms with Crippen LogP contribution in [0.25, 0.3) is 0 Å². The van der Waals surface area contributed by atoms with E-state index in [1.165, 1.54) is 37.7 Å². The van der Waals surface area contributed by atoms with E-state index in [-0.39, 0.29) is 18.9 Å². The summed E-state index contributed by atoms with van der Waals surface area (Å²) in [6.07, 6.45) is 14.3. The highest BCUT2D eigenvalue weighted by molar-refractivity contribution is 6.01. The van der Waals surface area contributed by atoms with Crippen LogP contribution in [-0.4, -0.2) is 39.8 Å². The molecule has 0 aromatic heterocycles. The van der Waals surface area contributed by atoms with Gasteiger partial charge in [0.1, 0.15) is 6.10 Å². The molecule has 216 valence electrons. The maximum absolute atomic E-state index is 12.3. The fourth-order valence-corrected chi connectivity index (χ4v) is 7.64. The number of amides is 2. The summed E-state index contributed by atoms with van der Waals surface area (Å²) < 4.78 is 5.47. The Balaban J connectivity index is 1.37. The molecule has 0 bridgehead atoms. The normalized spacial score (nSPS) is 32.6. The Morgan fingerprint density at radius 1 is 1.15 bits per heavy atom. The summed E-state index contributed by atoms with van der Waals surface area (Å²) in [6.45, 7) is 13.0. The van der Waals surface area contributed by atoms with Crippen LogP contribution >= 0.6 is 0 Å². The molecule has 0 radical (unpaired) electrons. The van der Waals surface area contributed by atoms with Crippen LogP contribution in [-0.2, 0) is 19.2 Å². The fraction of sp³-hybridized carbons (Fsp3) is 0.719. The molecule has 39 heavy (non-hydrogen) atoms. The summed E-state index contributed by atoms with van der Waals surface area (Å²) in [5.41, 5.74) is 3.41. The topological polar surface area (TPSA) is 93.1 Å². The molecule has 1 aliphatic heterocycles. The van der Waals surface area contributed by atoms with Crippen LogP contribution in [0, 0.1) is 23.2 Å². The van der Waals surface area contributed by atoms with E-state index in [9.17, 15) is 19.5 Å². The standard InChI is InChI=1S/C32H47NO6/c1-21-10-13-25(38-30(36)39-33-28(34)16-17-29(33)35)20-24(21)12-11-23-9-7-19-32(5)26(14-15-27(23)32)22(2)8-6-18-31(3,4)37/h11-12,22,25-27,37H,1,6-10,13-20H2,2-5H3/b23-11+,24-12-/t22-,25+,26?,27+,32-/m1/s1. The van der Waals surface area contributed by atoms with Gasteiger partial charge >= 0.3 is 6.16 Å². The van der Waals surface area contributed by atoms with E-state index in [0.717, 1.165) is 36.8 Å². The number of carbonyl (C=O) groups is 3. The van der Waals surface area contributed by atoms with E-state index in [1.54, 1.807) is 0 Å². The molecule has 0 aromatic carbocycles. The van der Waals surface area contributed by atoms with Crippen LogP contribution in [0.15, 0.2) is 35.5 Å². The summed E-state index contributed by atoms with van der Waals surface area (Å²) in [6, 6.07) is 0. The number of imide groups is 1. The number of ether oxygens (including phenoxy) is 1. The number of hydroxylamine groups is 2. The molecule has 5 atom stereocenters.